The number of nitrogens with one attached hydrogen (secondary N) is 1. The van der Waals surface area contributed by atoms with Gasteiger partial charge in [-0.1, -0.05) is 44.5 Å². The fraction of sp³-hybridized carbons (Fsp3) is 0.462. The minimum absolute atomic E-state index is 0.150. The maximum Gasteiger partial charge on any atom is 0.244 e. The first-order chi connectivity index (χ1) is 16.6. The third-order valence-electron chi connectivity index (χ3n) is 5.82. The second-order valence-corrected chi connectivity index (χ2v) is 10.4. The summed E-state index contributed by atoms with van der Waals surface area (Å²) in [6.07, 6.45) is 3.66. The van der Waals surface area contributed by atoms with Crippen molar-refractivity contribution < 1.29 is 22.7 Å². The van der Waals surface area contributed by atoms with E-state index in [4.69, 9.17) is 4.74 Å². The van der Waals surface area contributed by atoms with Gasteiger partial charge in [0.15, 0.2) is 0 Å². The van der Waals surface area contributed by atoms with E-state index in [1.165, 1.54) is 4.90 Å². The van der Waals surface area contributed by atoms with Crippen LogP contribution in [0.5, 0.6) is 5.75 Å². The Bertz CT molecular complexity index is 1070. The summed E-state index contributed by atoms with van der Waals surface area (Å²) in [6.45, 7) is 5.95. The molecule has 1 N–H and O–H groups in total. The molecule has 2 aromatic carbocycles. The van der Waals surface area contributed by atoms with E-state index >= 15 is 0 Å². The Labute approximate surface area is 209 Å². The van der Waals surface area contributed by atoms with Crippen LogP contribution in [0.25, 0.3) is 0 Å². The van der Waals surface area contributed by atoms with E-state index in [1.807, 2.05) is 38.1 Å². The summed E-state index contributed by atoms with van der Waals surface area (Å²) in [5.41, 5.74) is 2.26. The Balaban J connectivity index is 2.33. The number of methoxy groups -OCH3 is 1. The molecule has 0 aliphatic heterocycles. The predicted molar refractivity (Wildman–Crippen MR) is 139 cm³/mol. The van der Waals surface area contributed by atoms with Crippen LogP contribution in [-0.4, -0.2) is 57.6 Å². The average Bonchev–Trinajstić information content (AvgIpc) is 2.85. The van der Waals surface area contributed by atoms with Gasteiger partial charge >= 0.3 is 0 Å². The number of aryl methyl sites for hydroxylation is 1. The minimum Gasteiger partial charge on any atom is -0.497 e. The van der Waals surface area contributed by atoms with Crippen molar-refractivity contribution in [3.05, 3.63) is 59.7 Å². The number of carbonyl (C=O) groups excluding carboxylic acids is 2. The van der Waals surface area contributed by atoms with Gasteiger partial charge in [-0.3, -0.25) is 13.9 Å². The van der Waals surface area contributed by atoms with E-state index < -0.39 is 28.5 Å². The Hall–Kier alpha value is -3.07. The lowest BCUT2D eigenvalue weighted by Gasteiger charge is -2.31. The Morgan fingerprint density at radius 1 is 1.00 bits per heavy atom. The summed E-state index contributed by atoms with van der Waals surface area (Å²) >= 11 is 0. The Morgan fingerprint density at radius 2 is 1.60 bits per heavy atom. The quantitative estimate of drug-likeness (QED) is 0.423. The molecule has 0 aliphatic rings. The van der Waals surface area contributed by atoms with Crippen molar-refractivity contribution in [2.45, 2.75) is 52.6 Å². The van der Waals surface area contributed by atoms with Gasteiger partial charge in [-0.2, -0.15) is 0 Å². The number of benzene rings is 2. The smallest absolute Gasteiger partial charge is 0.244 e. The molecule has 0 aliphatic carbocycles. The Morgan fingerprint density at radius 3 is 2.11 bits per heavy atom. The second kappa shape index (κ2) is 13.1. The first-order valence-corrected chi connectivity index (χ1v) is 13.7. The summed E-state index contributed by atoms with van der Waals surface area (Å²) in [7, 11) is -2.17. The van der Waals surface area contributed by atoms with Gasteiger partial charge in [0.25, 0.3) is 0 Å². The molecule has 2 amide bonds. The van der Waals surface area contributed by atoms with Crippen LogP contribution in [0.2, 0.25) is 0 Å². The SMILES string of the molecule is CCCCNC(=O)[C@H](C)N(Cc1ccc(OC)cc1)C(=O)CN(c1ccc(CC)cc1)S(C)(=O)=O. The van der Waals surface area contributed by atoms with E-state index in [9.17, 15) is 18.0 Å². The minimum atomic E-state index is -3.74. The molecular weight excluding hydrogens is 466 g/mol. The fourth-order valence-corrected chi connectivity index (χ4v) is 4.41. The highest BCUT2D eigenvalue weighted by Crippen LogP contribution is 2.20. The molecule has 35 heavy (non-hydrogen) atoms. The molecule has 0 saturated carbocycles. The first-order valence-electron chi connectivity index (χ1n) is 11.9. The number of nitrogens with zero attached hydrogens (tertiary/aromatic N) is 2. The zero-order valence-corrected chi connectivity index (χ0v) is 22.1. The maximum absolute atomic E-state index is 13.5. The molecule has 0 aromatic heterocycles. The third kappa shape index (κ3) is 8.28. The molecule has 0 saturated heterocycles. The van der Waals surface area contributed by atoms with Gasteiger partial charge in [0, 0.05) is 13.1 Å². The van der Waals surface area contributed by atoms with Crippen LogP contribution in [0, 0.1) is 0 Å². The zero-order valence-electron chi connectivity index (χ0n) is 21.3. The van der Waals surface area contributed by atoms with Crippen molar-refractivity contribution in [1.82, 2.24) is 10.2 Å². The number of ether oxygens (including phenoxy) is 1. The summed E-state index contributed by atoms with van der Waals surface area (Å²) in [5, 5.41) is 2.87. The van der Waals surface area contributed by atoms with Crippen molar-refractivity contribution in [3.8, 4) is 5.75 Å². The predicted octanol–water partition coefficient (Wildman–Crippen LogP) is 3.36. The molecule has 0 radical (unpaired) electrons. The lowest BCUT2D eigenvalue weighted by molar-refractivity contribution is -0.139. The molecule has 2 aromatic rings. The van der Waals surface area contributed by atoms with E-state index in [-0.39, 0.29) is 12.5 Å². The van der Waals surface area contributed by atoms with Gasteiger partial charge in [-0.15, -0.1) is 0 Å². The molecule has 1 atom stereocenters. The van der Waals surface area contributed by atoms with Crippen molar-refractivity contribution >= 4 is 27.5 Å². The molecule has 2 rings (SSSR count). The van der Waals surface area contributed by atoms with Gasteiger partial charge in [0.1, 0.15) is 18.3 Å². The highest BCUT2D eigenvalue weighted by atomic mass is 32.2. The van der Waals surface area contributed by atoms with Crippen molar-refractivity contribution in [2.75, 3.05) is 30.8 Å². The second-order valence-electron chi connectivity index (χ2n) is 8.48. The topological polar surface area (TPSA) is 96.0 Å². The molecule has 0 fully saturated rings. The lowest BCUT2D eigenvalue weighted by Crippen LogP contribution is -2.51. The van der Waals surface area contributed by atoms with Crippen LogP contribution >= 0.6 is 0 Å². The molecule has 0 heterocycles. The average molecular weight is 504 g/mol. The van der Waals surface area contributed by atoms with Crippen LogP contribution < -0.4 is 14.4 Å². The number of hydrogen-bond acceptors (Lipinski definition) is 5. The van der Waals surface area contributed by atoms with Crippen molar-refractivity contribution in [2.24, 2.45) is 0 Å². The van der Waals surface area contributed by atoms with E-state index in [2.05, 4.69) is 5.32 Å². The van der Waals surface area contributed by atoms with E-state index in [1.54, 1.807) is 38.3 Å². The number of carbonyl (C=O) groups is 2. The van der Waals surface area contributed by atoms with Gasteiger partial charge in [0.05, 0.1) is 19.1 Å². The summed E-state index contributed by atoms with van der Waals surface area (Å²) in [6, 6.07) is 13.5. The highest BCUT2D eigenvalue weighted by molar-refractivity contribution is 7.92. The fourth-order valence-electron chi connectivity index (χ4n) is 3.56. The third-order valence-corrected chi connectivity index (χ3v) is 6.96. The van der Waals surface area contributed by atoms with Gasteiger partial charge in [0.2, 0.25) is 21.8 Å². The van der Waals surface area contributed by atoms with Crippen molar-refractivity contribution in [3.63, 3.8) is 0 Å². The molecule has 0 unspecified atom stereocenters. The Kier molecular flexibility index (Phi) is 10.6. The first kappa shape index (κ1) is 28.2. The number of hydrogen-bond donors (Lipinski definition) is 1. The molecule has 9 heteroatoms. The molecule has 0 bridgehead atoms. The summed E-state index contributed by atoms with van der Waals surface area (Å²) in [5.74, 6) is -0.0711. The van der Waals surface area contributed by atoms with Crippen LogP contribution in [0.3, 0.4) is 0 Å². The molecule has 8 nitrogen and oxygen atoms in total. The van der Waals surface area contributed by atoms with E-state index in [0.717, 1.165) is 41.0 Å². The summed E-state index contributed by atoms with van der Waals surface area (Å²) in [4.78, 5) is 27.8. The van der Waals surface area contributed by atoms with Crippen LogP contribution in [0.1, 0.15) is 44.7 Å². The van der Waals surface area contributed by atoms with Gasteiger partial charge in [-0.25, -0.2) is 8.42 Å². The van der Waals surface area contributed by atoms with Crippen LogP contribution in [0.4, 0.5) is 5.69 Å². The summed E-state index contributed by atoms with van der Waals surface area (Å²) < 4.78 is 31.5. The number of amides is 2. The number of anilines is 1. The van der Waals surface area contributed by atoms with Gasteiger partial charge in [-0.05, 0) is 55.2 Å². The maximum atomic E-state index is 13.5. The monoisotopic (exact) mass is 503 g/mol. The normalized spacial score (nSPS) is 12.0. The zero-order chi connectivity index (χ0) is 26.0. The number of sulfonamides is 1. The van der Waals surface area contributed by atoms with Crippen molar-refractivity contribution in [1.29, 1.82) is 0 Å². The number of unbranched alkanes of at least 4 members (excludes halogenated alkanes) is 1. The van der Waals surface area contributed by atoms with Crippen LogP contribution in [0.15, 0.2) is 48.5 Å². The standard InChI is InChI=1S/C26H37N3O5S/c1-6-8-17-27-26(31)20(3)28(18-22-11-15-24(34-4)16-12-22)25(30)19-29(35(5,32)33)23-13-9-21(7-2)10-14-23/h9-16,20H,6-8,17-19H2,1-5H3,(H,27,31)/t20-/m0/s1. The number of rotatable bonds is 13. The molecular formula is C26H37N3O5S. The van der Waals surface area contributed by atoms with Gasteiger partial charge < -0.3 is 15.0 Å². The lowest BCUT2D eigenvalue weighted by atomic mass is 10.1. The molecule has 0 spiro atoms. The van der Waals surface area contributed by atoms with E-state index in [0.29, 0.717) is 18.0 Å². The van der Waals surface area contributed by atoms with Crippen LogP contribution in [-0.2, 0) is 32.6 Å². The molecule has 192 valence electrons. The highest BCUT2D eigenvalue weighted by Gasteiger charge is 2.30. The largest absolute Gasteiger partial charge is 0.497 e.